The minimum Gasteiger partial charge on any atom is -0.269 e. The normalized spacial score (nSPS) is 19.1. The monoisotopic (exact) mass is 209 g/mol. The fourth-order valence-electron chi connectivity index (χ4n) is 1.50. The molecule has 0 radical (unpaired) electrons. The molecule has 1 atom stereocenters. The minimum atomic E-state index is 0.763. The maximum absolute atomic E-state index is 4.01. The standard InChI is InChI=1S/C10H15N.2C2H6/c1-4-9-6-5-8(2)7-10(9)11-3;2*1-2/h4,8H,1,3,5-7H2,2H3;2*1-2H3. The molecular formula is C14H27N. The third-order valence-electron chi connectivity index (χ3n) is 2.26. The molecule has 88 valence electrons. The summed E-state index contributed by atoms with van der Waals surface area (Å²) in [6, 6.07) is 0. The van der Waals surface area contributed by atoms with Crippen molar-refractivity contribution in [3.8, 4) is 0 Å². The van der Waals surface area contributed by atoms with Gasteiger partial charge in [0.15, 0.2) is 0 Å². The van der Waals surface area contributed by atoms with Crippen LogP contribution in [0.1, 0.15) is 53.9 Å². The minimum absolute atomic E-state index is 0.763. The van der Waals surface area contributed by atoms with Gasteiger partial charge < -0.3 is 0 Å². The van der Waals surface area contributed by atoms with Crippen LogP contribution in [-0.2, 0) is 0 Å². The highest BCUT2D eigenvalue weighted by molar-refractivity contribution is 5.35. The van der Waals surface area contributed by atoms with E-state index in [1.54, 1.807) is 0 Å². The Hall–Kier alpha value is -0.850. The Morgan fingerprint density at radius 2 is 1.80 bits per heavy atom. The third kappa shape index (κ3) is 6.27. The van der Waals surface area contributed by atoms with Gasteiger partial charge in [0, 0.05) is 5.70 Å². The number of nitrogens with zero attached hydrogens (tertiary/aromatic N) is 1. The zero-order valence-corrected chi connectivity index (χ0v) is 11.1. The molecule has 0 N–H and O–H groups in total. The van der Waals surface area contributed by atoms with Crippen LogP contribution in [0, 0.1) is 5.92 Å². The molecule has 0 saturated carbocycles. The van der Waals surface area contributed by atoms with Crippen molar-refractivity contribution in [3.05, 3.63) is 23.9 Å². The molecule has 0 spiro atoms. The Labute approximate surface area is 96.0 Å². The van der Waals surface area contributed by atoms with Crippen LogP contribution in [0.5, 0.6) is 0 Å². The Morgan fingerprint density at radius 3 is 2.20 bits per heavy atom. The summed E-state index contributed by atoms with van der Waals surface area (Å²) in [5.41, 5.74) is 2.44. The fourth-order valence-corrected chi connectivity index (χ4v) is 1.50. The van der Waals surface area contributed by atoms with Crippen molar-refractivity contribution in [3.63, 3.8) is 0 Å². The Morgan fingerprint density at radius 1 is 1.27 bits per heavy atom. The van der Waals surface area contributed by atoms with Crippen molar-refractivity contribution in [2.75, 3.05) is 0 Å². The van der Waals surface area contributed by atoms with Crippen LogP contribution < -0.4 is 0 Å². The lowest BCUT2D eigenvalue weighted by atomic mass is 9.89. The van der Waals surface area contributed by atoms with Crippen molar-refractivity contribution in [1.82, 2.24) is 0 Å². The zero-order valence-electron chi connectivity index (χ0n) is 11.1. The van der Waals surface area contributed by atoms with Crippen LogP contribution in [-0.4, -0.2) is 6.72 Å². The van der Waals surface area contributed by atoms with E-state index in [9.17, 15) is 0 Å². The van der Waals surface area contributed by atoms with Crippen LogP contribution in [0.2, 0.25) is 0 Å². The van der Waals surface area contributed by atoms with Crippen LogP contribution in [0.25, 0.3) is 0 Å². The number of hydrogen-bond donors (Lipinski definition) is 0. The van der Waals surface area contributed by atoms with Gasteiger partial charge in [-0.15, -0.1) is 0 Å². The molecule has 0 aromatic rings. The summed E-state index contributed by atoms with van der Waals surface area (Å²) >= 11 is 0. The molecule has 1 aliphatic rings. The molecule has 1 nitrogen and oxygen atoms in total. The quantitative estimate of drug-likeness (QED) is 0.567. The molecular weight excluding hydrogens is 182 g/mol. The first-order chi connectivity index (χ1) is 7.27. The molecule has 0 aliphatic heterocycles. The molecule has 1 unspecified atom stereocenters. The highest BCUT2D eigenvalue weighted by Gasteiger charge is 2.14. The maximum Gasteiger partial charge on any atom is 0.0430 e. The van der Waals surface area contributed by atoms with E-state index in [-0.39, 0.29) is 0 Å². The smallest absolute Gasteiger partial charge is 0.0430 e. The second-order valence-electron chi connectivity index (χ2n) is 3.18. The summed E-state index contributed by atoms with van der Waals surface area (Å²) in [7, 11) is 0. The summed E-state index contributed by atoms with van der Waals surface area (Å²) in [4.78, 5) is 4.01. The Balaban J connectivity index is 0. The number of hydrogen-bond acceptors (Lipinski definition) is 1. The molecule has 0 heterocycles. The molecule has 1 heteroatoms. The van der Waals surface area contributed by atoms with Crippen molar-refractivity contribution in [2.45, 2.75) is 53.9 Å². The van der Waals surface area contributed by atoms with Gasteiger partial charge in [0.05, 0.1) is 0 Å². The average Bonchev–Trinajstić information content (AvgIpc) is 2.34. The predicted molar refractivity (Wildman–Crippen MR) is 72.5 cm³/mol. The van der Waals surface area contributed by atoms with Gasteiger partial charge in [0.1, 0.15) is 0 Å². The summed E-state index contributed by atoms with van der Waals surface area (Å²) in [6.07, 6.45) is 5.38. The predicted octanol–water partition coefficient (Wildman–Crippen LogP) is 5.00. The van der Waals surface area contributed by atoms with Crippen LogP contribution >= 0.6 is 0 Å². The van der Waals surface area contributed by atoms with E-state index < -0.39 is 0 Å². The van der Waals surface area contributed by atoms with E-state index in [0.29, 0.717) is 0 Å². The zero-order chi connectivity index (χ0) is 12.3. The lowest BCUT2D eigenvalue weighted by molar-refractivity contribution is 0.498. The first-order valence-electron chi connectivity index (χ1n) is 6.09. The van der Waals surface area contributed by atoms with Gasteiger partial charge in [-0.05, 0) is 37.5 Å². The molecule has 0 fully saturated rings. The van der Waals surface area contributed by atoms with Gasteiger partial charge in [-0.1, -0.05) is 47.3 Å². The van der Waals surface area contributed by atoms with Crippen molar-refractivity contribution in [1.29, 1.82) is 0 Å². The average molecular weight is 209 g/mol. The molecule has 0 bridgehead atoms. The van der Waals surface area contributed by atoms with Crippen LogP contribution in [0.15, 0.2) is 28.9 Å². The fraction of sp³-hybridized carbons (Fsp3) is 0.643. The number of rotatable bonds is 2. The molecule has 15 heavy (non-hydrogen) atoms. The summed E-state index contributed by atoms with van der Waals surface area (Å²) in [5.74, 6) is 0.763. The molecule has 1 aliphatic carbocycles. The van der Waals surface area contributed by atoms with E-state index in [0.717, 1.165) is 24.5 Å². The van der Waals surface area contributed by atoms with Gasteiger partial charge in [-0.2, -0.15) is 0 Å². The van der Waals surface area contributed by atoms with Gasteiger partial charge in [-0.25, -0.2) is 0 Å². The Kier molecular flexibility index (Phi) is 12.4. The van der Waals surface area contributed by atoms with Gasteiger partial charge in [0.25, 0.3) is 0 Å². The van der Waals surface area contributed by atoms with Crippen molar-refractivity contribution >= 4 is 6.72 Å². The lowest BCUT2D eigenvalue weighted by Gasteiger charge is -2.19. The second-order valence-corrected chi connectivity index (χ2v) is 3.18. The second kappa shape index (κ2) is 11.2. The topological polar surface area (TPSA) is 12.4 Å². The van der Waals surface area contributed by atoms with E-state index >= 15 is 0 Å². The molecule has 0 amide bonds. The van der Waals surface area contributed by atoms with E-state index in [1.165, 1.54) is 12.0 Å². The van der Waals surface area contributed by atoms with Gasteiger partial charge in [0.2, 0.25) is 0 Å². The lowest BCUT2D eigenvalue weighted by Crippen LogP contribution is -2.05. The molecule has 1 rings (SSSR count). The first kappa shape index (κ1) is 16.6. The first-order valence-corrected chi connectivity index (χ1v) is 6.09. The summed E-state index contributed by atoms with van der Waals surface area (Å²) < 4.78 is 0. The largest absolute Gasteiger partial charge is 0.269 e. The van der Waals surface area contributed by atoms with Gasteiger partial charge >= 0.3 is 0 Å². The molecule has 0 saturated heterocycles. The van der Waals surface area contributed by atoms with E-state index in [1.807, 2.05) is 33.8 Å². The summed E-state index contributed by atoms with van der Waals surface area (Å²) in [5, 5.41) is 0. The molecule has 0 aromatic heterocycles. The van der Waals surface area contributed by atoms with Gasteiger partial charge in [-0.3, -0.25) is 4.99 Å². The van der Waals surface area contributed by atoms with Crippen LogP contribution in [0.4, 0.5) is 0 Å². The van der Waals surface area contributed by atoms with E-state index in [2.05, 4.69) is 25.2 Å². The highest BCUT2D eigenvalue weighted by atomic mass is 14.7. The Bertz CT molecular complexity index is 201. The third-order valence-corrected chi connectivity index (χ3v) is 2.26. The molecule has 0 aromatic carbocycles. The maximum atomic E-state index is 4.01. The number of aliphatic imine (C=N–C) groups is 1. The van der Waals surface area contributed by atoms with Crippen molar-refractivity contribution in [2.24, 2.45) is 10.9 Å². The highest BCUT2D eigenvalue weighted by Crippen LogP contribution is 2.29. The SMILES string of the molecule is C=CC1=C(N=C)CC(C)CC1.CC.CC. The number of allylic oxidation sites excluding steroid dienone is 3. The van der Waals surface area contributed by atoms with Crippen LogP contribution in [0.3, 0.4) is 0 Å². The van der Waals surface area contributed by atoms with Crippen molar-refractivity contribution < 1.29 is 0 Å². The van der Waals surface area contributed by atoms with E-state index in [4.69, 9.17) is 0 Å². The summed E-state index contributed by atoms with van der Waals surface area (Å²) in [6.45, 7) is 17.6.